The molecule has 1 N–H and O–H groups in total. The molecule has 0 atom stereocenters. The summed E-state index contributed by atoms with van der Waals surface area (Å²) in [7, 11) is 0. The number of aromatic nitrogens is 1. The van der Waals surface area contributed by atoms with Crippen LogP contribution in [0.1, 0.15) is 25.3 Å². The Hall–Kier alpha value is -2.40. The lowest BCUT2D eigenvalue weighted by molar-refractivity contribution is 0.309. The van der Waals surface area contributed by atoms with E-state index in [-0.39, 0.29) is 0 Å². The number of anilines is 1. The summed E-state index contributed by atoms with van der Waals surface area (Å²) in [5.74, 6) is 0.892. The Morgan fingerprint density at radius 1 is 1.16 bits per heavy atom. The van der Waals surface area contributed by atoms with Crippen LogP contribution in [0.4, 0.5) is 5.69 Å². The van der Waals surface area contributed by atoms with E-state index in [1.165, 1.54) is 0 Å². The largest absolute Gasteiger partial charge is 0.494 e. The van der Waals surface area contributed by atoms with Gasteiger partial charge in [0.05, 0.1) is 24.0 Å². The Morgan fingerprint density at radius 2 is 2.00 bits per heavy atom. The maximum absolute atomic E-state index is 5.66. The van der Waals surface area contributed by atoms with Crippen molar-refractivity contribution >= 4 is 38.7 Å². The summed E-state index contributed by atoms with van der Waals surface area (Å²) in [6, 6.07) is 15.8. The minimum absolute atomic E-state index is 0.760. The van der Waals surface area contributed by atoms with Gasteiger partial charge in [0.15, 0.2) is 0 Å². The molecule has 1 aromatic heterocycles. The molecule has 3 aromatic rings. The molecule has 3 rings (SSSR count). The standard InChI is InChI=1S/C20H20BrN3O/c1-2-3-12-25-17-7-4-15(5-8-17)14-23-24-20-10-11-22-19-9-6-16(21)13-18(19)20/h4-11,13-14H,2-3,12H2,1H3,(H,22,24)/b23-14+. The van der Waals surface area contributed by atoms with Crippen LogP contribution in [0.2, 0.25) is 0 Å². The van der Waals surface area contributed by atoms with Gasteiger partial charge in [0.25, 0.3) is 0 Å². The quantitative estimate of drug-likeness (QED) is 0.319. The van der Waals surface area contributed by atoms with E-state index in [0.29, 0.717) is 0 Å². The van der Waals surface area contributed by atoms with Gasteiger partial charge in [-0.25, -0.2) is 0 Å². The highest BCUT2D eigenvalue weighted by Gasteiger charge is 2.01. The van der Waals surface area contributed by atoms with Gasteiger partial charge in [0, 0.05) is 16.1 Å². The van der Waals surface area contributed by atoms with Crippen molar-refractivity contribution in [2.24, 2.45) is 5.10 Å². The van der Waals surface area contributed by atoms with E-state index in [9.17, 15) is 0 Å². The zero-order chi connectivity index (χ0) is 17.5. The van der Waals surface area contributed by atoms with Crippen LogP contribution < -0.4 is 10.2 Å². The monoisotopic (exact) mass is 397 g/mol. The van der Waals surface area contributed by atoms with Crippen molar-refractivity contribution < 1.29 is 4.74 Å². The van der Waals surface area contributed by atoms with Crippen LogP contribution in [0.15, 0.2) is 64.3 Å². The molecule has 1 heterocycles. The molecule has 128 valence electrons. The molecule has 0 saturated heterocycles. The summed E-state index contributed by atoms with van der Waals surface area (Å²) in [5, 5.41) is 5.36. The Kier molecular flexibility index (Phi) is 6.01. The van der Waals surface area contributed by atoms with Gasteiger partial charge in [-0.05, 0) is 60.5 Å². The van der Waals surface area contributed by atoms with E-state index >= 15 is 0 Å². The van der Waals surface area contributed by atoms with Crippen molar-refractivity contribution in [3.05, 3.63) is 64.8 Å². The Bertz CT molecular complexity index is 862. The van der Waals surface area contributed by atoms with Gasteiger partial charge >= 0.3 is 0 Å². The smallest absolute Gasteiger partial charge is 0.119 e. The summed E-state index contributed by atoms with van der Waals surface area (Å²) < 4.78 is 6.68. The molecule has 0 amide bonds. The summed E-state index contributed by atoms with van der Waals surface area (Å²) in [5.41, 5.74) is 5.95. The second-order valence-corrected chi connectivity index (χ2v) is 6.58. The lowest BCUT2D eigenvalue weighted by atomic mass is 10.2. The van der Waals surface area contributed by atoms with Gasteiger partial charge in [-0.15, -0.1) is 0 Å². The van der Waals surface area contributed by atoms with E-state index < -0.39 is 0 Å². The number of rotatable bonds is 7. The number of hydrazone groups is 1. The molecule has 5 heteroatoms. The molecule has 0 radical (unpaired) electrons. The first-order valence-corrected chi connectivity index (χ1v) is 9.12. The van der Waals surface area contributed by atoms with Crippen molar-refractivity contribution in [2.75, 3.05) is 12.0 Å². The number of hydrogen-bond donors (Lipinski definition) is 1. The molecule has 0 spiro atoms. The third-order valence-corrected chi connectivity index (χ3v) is 4.24. The molecule has 0 bridgehead atoms. The Morgan fingerprint density at radius 3 is 2.80 bits per heavy atom. The van der Waals surface area contributed by atoms with Crippen molar-refractivity contribution in [2.45, 2.75) is 19.8 Å². The third-order valence-electron chi connectivity index (χ3n) is 3.75. The number of pyridine rings is 1. The minimum Gasteiger partial charge on any atom is -0.494 e. The van der Waals surface area contributed by atoms with Gasteiger partial charge in [0.1, 0.15) is 5.75 Å². The summed E-state index contributed by atoms with van der Waals surface area (Å²) in [6.07, 6.45) is 5.77. The number of benzene rings is 2. The SMILES string of the molecule is CCCCOc1ccc(/C=N/Nc2ccnc3ccc(Br)cc23)cc1. The molecule has 0 fully saturated rings. The summed E-state index contributed by atoms with van der Waals surface area (Å²) in [4.78, 5) is 4.36. The Balaban J connectivity index is 1.66. The lowest BCUT2D eigenvalue weighted by Crippen LogP contribution is -1.96. The summed E-state index contributed by atoms with van der Waals surface area (Å²) >= 11 is 3.49. The number of ether oxygens (including phenoxy) is 1. The van der Waals surface area contributed by atoms with E-state index in [4.69, 9.17) is 4.74 Å². The number of halogens is 1. The first kappa shape index (κ1) is 17.4. The first-order valence-electron chi connectivity index (χ1n) is 8.32. The lowest BCUT2D eigenvalue weighted by Gasteiger charge is -2.06. The highest BCUT2D eigenvalue weighted by Crippen LogP contribution is 2.25. The zero-order valence-corrected chi connectivity index (χ0v) is 15.7. The zero-order valence-electron chi connectivity index (χ0n) is 14.1. The fraction of sp³-hybridized carbons (Fsp3) is 0.200. The van der Waals surface area contributed by atoms with Crippen LogP contribution in [-0.4, -0.2) is 17.8 Å². The second-order valence-electron chi connectivity index (χ2n) is 5.66. The third kappa shape index (κ3) is 4.79. The van der Waals surface area contributed by atoms with Crippen LogP contribution >= 0.6 is 15.9 Å². The number of hydrogen-bond acceptors (Lipinski definition) is 4. The number of nitrogens with one attached hydrogen (secondary N) is 1. The van der Waals surface area contributed by atoms with E-state index in [1.54, 1.807) is 12.4 Å². The van der Waals surface area contributed by atoms with Crippen LogP contribution in [0, 0.1) is 0 Å². The fourth-order valence-corrected chi connectivity index (χ4v) is 2.74. The van der Waals surface area contributed by atoms with Gasteiger partial charge in [-0.1, -0.05) is 29.3 Å². The van der Waals surface area contributed by atoms with E-state index in [0.717, 1.165) is 51.8 Å². The van der Waals surface area contributed by atoms with Gasteiger partial charge in [-0.2, -0.15) is 5.10 Å². The second kappa shape index (κ2) is 8.62. The molecule has 0 aliphatic heterocycles. The molecule has 0 saturated carbocycles. The van der Waals surface area contributed by atoms with Crippen molar-refractivity contribution in [1.29, 1.82) is 0 Å². The van der Waals surface area contributed by atoms with Gasteiger partial charge in [-0.3, -0.25) is 10.4 Å². The molecule has 4 nitrogen and oxygen atoms in total. The van der Waals surface area contributed by atoms with Crippen molar-refractivity contribution in [3.8, 4) is 5.75 Å². The maximum Gasteiger partial charge on any atom is 0.119 e. The van der Waals surface area contributed by atoms with Gasteiger partial charge < -0.3 is 4.74 Å². The van der Waals surface area contributed by atoms with Crippen molar-refractivity contribution in [1.82, 2.24) is 4.98 Å². The van der Waals surface area contributed by atoms with Crippen LogP contribution in [0.5, 0.6) is 5.75 Å². The molecule has 0 aliphatic carbocycles. The fourth-order valence-electron chi connectivity index (χ4n) is 2.38. The molecule has 0 aliphatic rings. The topological polar surface area (TPSA) is 46.5 Å². The molecule has 2 aromatic carbocycles. The normalized spacial score (nSPS) is 11.1. The minimum atomic E-state index is 0.760. The van der Waals surface area contributed by atoms with Crippen LogP contribution in [-0.2, 0) is 0 Å². The predicted octanol–water partition coefficient (Wildman–Crippen LogP) is 5.62. The maximum atomic E-state index is 5.66. The Labute approximate surface area is 156 Å². The number of fused-ring (bicyclic) bond motifs is 1. The average Bonchev–Trinajstić information content (AvgIpc) is 2.63. The first-order chi connectivity index (χ1) is 12.3. The molecule has 0 unspecified atom stereocenters. The summed E-state index contributed by atoms with van der Waals surface area (Å²) in [6.45, 7) is 2.91. The highest BCUT2D eigenvalue weighted by atomic mass is 79.9. The highest BCUT2D eigenvalue weighted by molar-refractivity contribution is 9.10. The molecular weight excluding hydrogens is 378 g/mol. The predicted molar refractivity (Wildman–Crippen MR) is 108 cm³/mol. The molecular formula is C20H20BrN3O. The van der Waals surface area contributed by atoms with Crippen molar-refractivity contribution in [3.63, 3.8) is 0 Å². The molecule has 25 heavy (non-hydrogen) atoms. The number of nitrogens with zero attached hydrogens (tertiary/aromatic N) is 2. The van der Waals surface area contributed by atoms with Gasteiger partial charge in [0.2, 0.25) is 0 Å². The number of unbranched alkanes of at least 4 members (excludes halogenated alkanes) is 1. The van der Waals surface area contributed by atoms with Crippen LogP contribution in [0.3, 0.4) is 0 Å². The van der Waals surface area contributed by atoms with E-state index in [2.05, 4.69) is 38.4 Å². The average molecular weight is 398 g/mol. The van der Waals surface area contributed by atoms with E-state index in [1.807, 2.05) is 48.5 Å². The van der Waals surface area contributed by atoms with Crippen LogP contribution in [0.25, 0.3) is 10.9 Å².